The van der Waals surface area contributed by atoms with Crippen molar-refractivity contribution in [1.82, 2.24) is 19.4 Å². The molecule has 0 atom stereocenters. The number of hydrogen-bond donors (Lipinski definition) is 1. The highest BCUT2D eigenvalue weighted by atomic mass is 15.1. The summed E-state index contributed by atoms with van der Waals surface area (Å²) in [6.45, 7) is 3.49. The minimum absolute atomic E-state index is 0.932. The molecule has 3 heterocycles. The molecule has 1 saturated heterocycles. The van der Waals surface area contributed by atoms with Crippen molar-refractivity contribution in [2.45, 2.75) is 25.8 Å². The van der Waals surface area contributed by atoms with Gasteiger partial charge in [0.05, 0.1) is 17.6 Å². The number of rotatable bonds is 4. The molecule has 3 aromatic rings. The maximum absolute atomic E-state index is 4.59. The number of nitrogens with zero attached hydrogens (tertiary/aromatic N) is 3. The molecule has 1 N–H and O–H groups in total. The molecule has 0 bridgehead atoms. The summed E-state index contributed by atoms with van der Waals surface area (Å²) in [6.07, 6.45) is 8.19. The summed E-state index contributed by atoms with van der Waals surface area (Å²) in [5.41, 5.74) is 4.74. The van der Waals surface area contributed by atoms with Gasteiger partial charge in [-0.1, -0.05) is 36.8 Å². The largest absolute Gasteiger partial charge is 0.348 e. The molecule has 0 unspecified atom stereocenters. The van der Waals surface area contributed by atoms with E-state index >= 15 is 0 Å². The Balaban J connectivity index is 1.55. The van der Waals surface area contributed by atoms with Gasteiger partial charge < -0.3 is 9.55 Å². The van der Waals surface area contributed by atoms with Crippen LogP contribution in [0.4, 0.5) is 0 Å². The third-order valence-corrected chi connectivity index (χ3v) is 4.82. The van der Waals surface area contributed by atoms with E-state index in [9.17, 15) is 0 Å². The molecule has 0 aliphatic carbocycles. The van der Waals surface area contributed by atoms with Crippen LogP contribution in [0.15, 0.2) is 48.8 Å². The zero-order chi connectivity index (χ0) is 16.4. The van der Waals surface area contributed by atoms with Gasteiger partial charge in [0.1, 0.15) is 0 Å². The lowest BCUT2D eigenvalue weighted by molar-refractivity contribution is 0.221. The first kappa shape index (κ1) is 15.2. The van der Waals surface area contributed by atoms with Gasteiger partial charge in [-0.25, -0.2) is 4.98 Å². The van der Waals surface area contributed by atoms with Crippen LogP contribution < -0.4 is 0 Å². The van der Waals surface area contributed by atoms with Gasteiger partial charge in [0.15, 0.2) is 5.82 Å². The maximum Gasteiger partial charge on any atom is 0.154 e. The van der Waals surface area contributed by atoms with E-state index in [1.165, 1.54) is 43.5 Å². The highest BCUT2D eigenvalue weighted by Crippen LogP contribution is 2.24. The van der Waals surface area contributed by atoms with E-state index < -0.39 is 0 Å². The fraction of sp³-hybridized carbons (Fsp3) is 0.350. The predicted molar refractivity (Wildman–Crippen MR) is 97.6 cm³/mol. The van der Waals surface area contributed by atoms with E-state index in [1.54, 1.807) is 0 Å². The van der Waals surface area contributed by atoms with Gasteiger partial charge in [-0.05, 0) is 43.1 Å². The first-order chi connectivity index (χ1) is 11.8. The van der Waals surface area contributed by atoms with Crippen LogP contribution in [-0.2, 0) is 13.6 Å². The first-order valence-corrected chi connectivity index (χ1v) is 8.78. The van der Waals surface area contributed by atoms with Gasteiger partial charge in [0.25, 0.3) is 0 Å². The van der Waals surface area contributed by atoms with Crippen molar-refractivity contribution in [1.29, 1.82) is 0 Å². The monoisotopic (exact) mass is 320 g/mol. The summed E-state index contributed by atoms with van der Waals surface area (Å²) in [5.74, 6) is 0.932. The minimum Gasteiger partial charge on any atom is -0.348 e. The van der Waals surface area contributed by atoms with Crippen LogP contribution in [-0.4, -0.2) is 32.5 Å². The maximum atomic E-state index is 4.59. The van der Waals surface area contributed by atoms with Crippen molar-refractivity contribution in [3.63, 3.8) is 0 Å². The predicted octanol–water partition coefficient (Wildman–Crippen LogP) is 4.07. The van der Waals surface area contributed by atoms with Crippen molar-refractivity contribution < 1.29 is 0 Å². The third kappa shape index (κ3) is 3.15. The van der Waals surface area contributed by atoms with Crippen molar-refractivity contribution in [3.05, 3.63) is 54.4 Å². The molecule has 24 heavy (non-hydrogen) atoms. The number of nitrogens with one attached hydrogen (secondary N) is 1. The Kier molecular flexibility index (Phi) is 4.22. The van der Waals surface area contributed by atoms with E-state index in [1.807, 2.05) is 12.3 Å². The number of aromatic amines is 1. The summed E-state index contributed by atoms with van der Waals surface area (Å²) >= 11 is 0. The average molecular weight is 320 g/mol. The Morgan fingerprint density at radius 3 is 2.67 bits per heavy atom. The number of hydrogen-bond acceptors (Lipinski definition) is 2. The molecule has 2 aromatic heterocycles. The second-order valence-electron chi connectivity index (χ2n) is 6.69. The molecule has 1 aliphatic rings. The Morgan fingerprint density at radius 1 is 1.08 bits per heavy atom. The zero-order valence-electron chi connectivity index (χ0n) is 14.2. The van der Waals surface area contributed by atoms with Crippen LogP contribution in [0, 0.1) is 0 Å². The van der Waals surface area contributed by atoms with E-state index in [-0.39, 0.29) is 0 Å². The molecule has 124 valence electrons. The average Bonchev–Trinajstić information content (AvgIpc) is 3.23. The van der Waals surface area contributed by atoms with Crippen molar-refractivity contribution >= 4 is 0 Å². The Bertz CT molecular complexity index is 794. The van der Waals surface area contributed by atoms with Crippen LogP contribution in [0.5, 0.6) is 0 Å². The number of imidazole rings is 1. The molecule has 4 nitrogen and oxygen atoms in total. The van der Waals surface area contributed by atoms with E-state index in [2.05, 4.69) is 63.0 Å². The number of likely N-dealkylation sites (tertiary alicyclic amines) is 1. The molecule has 1 aliphatic heterocycles. The molecule has 0 amide bonds. The van der Waals surface area contributed by atoms with Crippen molar-refractivity contribution in [3.8, 4) is 22.8 Å². The van der Waals surface area contributed by atoms with Crippen LogP contribution in [0.3, 0.4) is 0 Å². The summed E-state index contributed by atoms with van der Waals surface area (Å²) < 4.78 is 2.17. The smallest absolute Gasteiger partial charge is 0.154 e. The Hall–Kier alpha value is -2.33. The summed E-state index contributed by atoms with van der Waals surface area (Å²) in [5, 5.41) is 0. The molecular formula is C20H24N4. The normalized spacial score (nSPS) is 15.7. The lowest BCUT2D eigenvalue weighted by atomic mass is 10.1. The fourth-order valence-corrected chi connectivity index (χ4v) is 3.55. The van der Waals surface area contributed by atoms with Crippen LogP contribution >= 0.6 is 0 Å². The van der Waals surface area contributed by atoms with E-state index in [4.69, 9.17) is 0 Å². The van der Waals surface area contributed by atoms with Crippen LogP contribution in [0.2, 0.25) is 0 Å². The highest BCUT2D eigenvalue weighted by Gasteiger charge is 2.14. The first-order valence-electron chi connectivity index (χ1n) is 8.78. The van der Waals surface area contributed by atoms with E-state index in [0.717, 1.165) is 23.8 Å². The SMILES string of the molecule is Cn1cc(CN2CCCCC2)cc1-c1ncc(-c2ccccc2)[nH]1. The van der Waals surface area contributed by atoms with Gasteiger partial charge >= 0.3 is 0 Å². The topological polar surface area (TPSA) is 36.9 Å². The lowest BCUT2D eigenvalue weighted by Crippen LogP contribution is -2.28. The van der Waals surface area contributed by atoms with Gasteiger partial charge in [-0.3, -0.25) is 4.90 Å². The molecule has 1 fully saturated rings. The minimum atomic E-state index is 0.932. The molecule has 4 heteroatoms. The summed E-state index contributed by atoms with van der Waals surface area (Å²) in [6, 6.07) is 12.6. The quantitative estimate of drug-likeness (QED) is 0.787. The van der Waals surface area contributed by atoms with Crippen molar-refractivity contribution in [2.75, 3.05) is 13.1 Å². The standard InChI is InChI=1S/C20H24N4/c1-23-14-16(15-24-10-6-3-7-11-24)12-19(23)20-21-13-18(22-20)17-8-4-2-5-9-17/h2,4-5,8-9,12-14H,3,6-7,10-11,15H2,1H3,(H,21,22). The molecule has 1 aromatic carbocycles. The molecule has 0 saturated carbocycles. The summed E-state index contributed by atoms with van der Waals surface area (Å²) in [7, 11) is 2.10. The molecule has 0 radical (unpaired) electrons. The fourth-order valence-electron chi connectivity index (χ4n) is 3.55. The number of H-pyrrole nitrogens is 1. The second-order valence-corrected chi connectivity index (χ2v) is 6.69. The highest BCUT2D eigenvalue weighted by molar-refractivity contribution is 5.63. The Morgan fingerprint density at radius 2 is 1.88 bits per heavy atom. The Labute approximate surface area is 143 Å². The summed E-state index contributed by atoms with van der Waals surface area (Å²) in [4.78, 5) is 10.6. The lowest BCUT2D eigenvalue weighted by Gasteiger charge is -2.25. The number of aryl methyl sites for hydroxylation is 1. The molecule has 4 rings (SSSR count). The van der Waals surface area contributed by atoms with Crippen LogP contribution in [0.1, 0.15) is 24.8 Å². The van der Waals surface area contributed by atoms with Gasteiger partial charge in [0, 0.05) is 19.8 Å². The second kappa shape index (κ2) is 6.65. The van der Waals surface area contributed by atoms with Crippen LogP contribution in [0.25, 0.3) is 22.8 Å². The zero-order valence-corrected chi connectivity index (χ0v) is 14.2. The van der Waals surface area contributed by atoms with Crippen molar-refractivity contribution in [2.24, 2.45) is 7.05 Å². The molecule has 0 spiro atoms. The number of aromatic nitrogens is 3. The molecular weight excluding hydrogens is 296 g/mol. The van der Waals surface area contributed by atoms with Gasteiger partial charge in [-0.15, -0.1) is 0 Å². The van der Waals surface area contributed by atoms with E-state index in [0.29, 0.717) is 0 Å². The van der Waals surface area contributed by atoms with Gasteiger partial charge in [0.2, 0.25) is 0 Å². The number of benzene rings is 1. The third-order valence-electron chi connectivity index (χ3n) is 4.82. The van der Waals surface area contributed by atoms with Gasteiger partial charge in [-0.2, -0.15) is 0 Å². The number of piperidine rings is 1.